The quantitative estimate of drug-likeness (QED) is 0.836. The van der Waals surface area contributed by atoms with Gasteiger partial charge in [0.05, 0.1) is 0 Å². The van der Waals surface area contributed by atoms with E-state index in [1.165, 1.54) is 15.6 Å². The molecule has 110 valence electrons. The molecule has 1 atom stereocenters. The summed E-state index contributed by atoms with van der Waals surface area (Å²) in [5.41, 5.74) is 6.56. The maximum atomic E-state index is 12.5. The Labute approximate surface area is 124 Å². The minimum absolute atomic E-state index is 0.00110. The van der Waals surface area contributed by atoms with Gasteiger partial charge in [-0.2, -0.15) is 16.1 Å². The van der Waals surface area contributed by atoms with Crippen LogP contribution in [0.15, 0.2) is 10.3 Å². The largest absolute Gasteiger partial charge is 0.326 e. The van der Waals surface area contributed by atoms with Crippen molar-refractivity contribution >= 4 is 33.1 Å². The normalized spacial score (nSPS) is 14.0. The molecule has 0 aliphatic rings. The second kappa shape index (κ2) is 7.08. The van der Waals surface area contributed by atoms with Gasteiger partial charge in [0.1, 0.15) is 4.21 Å². The van der Waals surface area contributed by atoms with Gasteiger partial charge in [0.25, 0.3) is 10.0 Å². The summed E-state index contributed by atoms with van der Waals surface area (Å²) in [6, 6.07) is 1.72. The molecule has 1 unspecified atom stereocenters. The lowest BCUT2D eigenvalue weighted by Gasteiger charge is -2.23. The molecule has 1 rings (SSSR count). The molecule has 19 heavy (non-hydrogen) atoms. The molecule has 4 nitrogen and oxygen atoms in total. The van der Waals surface area contributed by atoms with E-state index in [1.807, 2.05) is 20.1 Å². The number of aryl methyl sites for hydroxylation is 1. The van der Waals surface area contributed by atoms with Crippen LogP contribution in [0.3, 0.4) is 0 Å². The fraction of sp³-hybridized carbons (Fsp3) is 0.667. The van der Waals surface area contributed by atoms with Gasteiger partial charge >= 0.3 is 0 Å². The molecule has 0 bridgehead atoms. The van der Waals surface area contributed by atoms with Crippen LogP contribution in [0.25, 0.3) is 0 Å². The Bertz CT molecular complexity index is 511. The topological polar surface area (TPSA) is 63.4 Å². The van der Waals surface area contributed by atoms with Crippen molar-refractivity contribution < 1.29 is 8.42 Å². The molecule has 7 heteroatoms. The van der Waals surface area contributed by atoms with Gasteiger partial charge < -0.3 is 5.73 Å². The van der Waals surface area contributed by atoms with Crippen LogP contribution in [0.4, 0.5) is 0 Å². The summed E-state index contributed by atoms with van der Waals surface area (Å²) in [5.74, 6) is 0.957. The second-order valence-corrected chi connectivity index (χ2v) is 8.87. The smallest absolute Gasteiger partial charge is 0.252 e. The lowest BCUT2D eigenvalue weighted by molar-refractivity contribution is 0.383. The highest BCUT2D eigenvalue weighted by Crippen LogP contribution is 2.28. The van der Waals surface area contributed by atoms with Crippen LogP contribution in [-0.4, -0.2) is 37.8 Å². The summed E-state index contributed by atoms with van der Waals surface area (Å²) in [7, 11) is -1.74. The maximum absolute atomic E-state index is 12.5. The number of hydrogen-bond donors (Lipinski definition) is 1. The van der Waals surface area contributed by atoms with Crippen molar-refractivity contribution in [3.63, 3.8) is 0 Å². The molecule has 0 amide bonds. The first kappa shape index (κ1) is 17.0. The maximum Gasteiger partial charge on any atom is 0.252 e. The number of nitrogens with two attached hydrogens (primary N) is 1. The number of sulfonamides is 1. The average molecular weight is 323 g/mol. The first-order valence-corrected chi connectivity index (χ1v) is 9.76. The van der Waals surface area contributed by atoms with Crippen molar-refractivity contribution in [1.82, 2.24) is 4.31 Å². The molecular formula is C12H22N2O2S3. The Hall–Kier alpha value is -0.0800. The minimum Gasteiger partial charge on any atom is -0.326 e. The van der Waals surface area contributed by atoms with E-state index < -0.39 is 10.0 Å². The van der Waals surface area contributed by atoms with E-state index in [0.717, 1.165) is 22.6 Å². The molecule has 0 aliphatic carbocycles. The standard InChI is InChI=1S/C12H22N2O2S3/c1-9-7-12(18-11(9)8-13)19(15,16)14(3)10(2)5-6-17-4/h7,10H,5-6,8,13H2,1-4H3. The third kappa shape index (κ3) is 3.95. The highest BCUT2D eigenvalue weighted by Gasteiger charge is 2.27. The summed E-state index contributed by atoms with van der Waals surface area (Å²) in [6.07, 6.45) is 2.88. The third-order valence-electron chi connectivity index (χ3n) is 3.18. The Morgan fingerprint density at radius 1 is 1.53 bits per heavy atom. The van der Waals surface area contributed by atoms with Crippen LogP contribution in [-0.2, 0) is 16.6 Å². The third-order valence-corrected chi connectivity index (χ3v) is 7.50. The van der Waals surface area contributed by atoms with Crippen LogP contribution in [0.2, 0.25) is 0 Å². The van der Waals surface area contributed by atoms with E-state index in [2.05, 4.69) is 0 Å². The zero-order valence-corrected chi connectivity index (χ0v) is 14.3. The molecule has 0 saturated carbocycles. The fourth-order valence-electron chi connectivity index (χ4n) is 1.67. The molecule has 2 N–H and O–H groups in total. The number of thioether (sulfide) groups is 1. The minimum atomic E-state index is -3.39. The van der Waals surface area contributed by atoms with Gasteiger partial charge in [-0.3, -0.25) is 0 Å². The fourth-order valence-corrected chi connectivity index (χ4v) is 5.29. The summed E-state index contributed by atoms with van der Waals surface area (Å²) >= 11 is 3.00. The Kier molecular flexibility index (Phi) is 6.32. The monoisotopic (exact) mass is 322 g/mol. The lowest BCUT2D eigenvalue weighted by Crippen LogP contribution is -2.35. The van der Waals surface area contributed by atoms with Crippen LogP contribution >= 0.6 is 23.1 Å². The van der Waals surface area contributed by atoms with E-state index in [0.29, 0.717) is 10.8 Å². The Balaban J connectivity index is 2.95. The van der Waals surface area contributed by atoms with Crippen molar-refractivity contribution in [3.05, 3.63) is 16.5 Å². The predicted molar refractivity (Wildman–Crippen MR) is 84.4 cm³/mol. The summed E-state index contributed by atoms with van der Waals surface area (Å²) < 4.78 is 26.9. The summed E-state index contributed by atoms with van der Waals surface area (Å²) in [6.45, 7) is 4.23. The van der Waals surface area contributed by atoms with Gasteiger partial charge in [0, 0.05) is 24.5 Å². The SMILES string of the molecule is CSCCC(C)N(C)S(=O)(=O)c1cc(C)c(CN)s1. The van der Waals surface area contributed by atoms with Crippen molar-refractivity contribution in [2.24, 2.45) is 5.73 Å². The van der Waals surface area contributed by atoms with Gasteiger partial charge in [-0.15, -0.1) is 11.3 Å². The molecule has 1 aromatic rings. The number of hydrogen-bond acceptors (Lipinski definition) is 5. The zero-order valence-electron chi connectivity index (χ0n) is 11.8. The first-order valence-electron chi connectivity index (χ1n) is 6.11. The second-order valence-electron chi connectivity index (χ2n) is 4.53. The molecular weight excluding hydrogens is 300 g/mol. The van der Waals surface area contributed by atoms with E-state index in [-0.39, 0.29) is 6.04 Å². The molecule has 0 radical (unpaired) electrons. The highest BCUT2D eigenvalue weighted by atomic mass is 32.2. The predicted octanol–water partition coefficient (Wildman–Crippen LogP) is 2.28. The van der Waals surface area contributed by atoms with Crippen LogP contribution < -0.4 is 5.73 Å². The molecule has 1 heterocycles. The van der Waals surface area contributed by atoms with Crippen LogP contribution in [0, 0.1) is 6.92 Å². The van der Waals surface area contributed by atoms with Crippen LogP contribution in [0.5, 0.6) is 0 Å². The van der Waals surface area contributed by atoms with Crippen molar-refractivity contribution in [2.45, 2.75) is 37.1 Å². The number of rotatable bonds is 7. The van der Waals surface area contributed by atoms with Gasteiger partial charge in [-0.05, 0) is 43.9 Å². The molecule has 1 aromatic heterocycles. The molecule has 0 saturated heterocycles. The zero-order chi connectivity index (χ0) is 14.6. The summed E-state index contributed by atoms with van der Waals surface area (Å²) in [5, 5.41) is 0. The number of thiophene rings is 1. The Morgan fingerprint density at radius 3 is 2.63 bits per heavy atom. The first-order chi connectivity index (χ1) is 8.84. The lowest BCUT2D eigenvalue weighted by atomic mass is 10.3. The van der Waals surface area contributed by atoms with Gasteiger partial charge in [-0.1, -0.05) is 0 Å². The molecule has 0 aromatic carbocycles. The van der Waals surface area contributed by atoms with E-state index >= 15 is 0 Å². The van der Waals surface area contributed by atoms with Crippen LogP contribution in [0.1, 0.15) is 23.8 Å². The average Bonchev–Trinajstić information content (AvgIpc) is 2.76. The van der Waals surface area contributed by atoms with Crippen molar-refractivity contribution in [1.29, 1.82) is 0 Å². The molecule has 0 fully saturated rings. The molecule has 0 aliphatic heterocycles. The van der Waals surface area contributed by atoms with Gasteiger partial charge in [-0.25, -0.2) is 8.42 Å². The summed E-state index contributed by atoms with van der Waals surface area (Å²) in [4.78, 5) is 0.934. The van der Waals surface area contributed by atoms with Crippen molar-refractivity contribution in [3.8, 4) is 0 Å². The van der Waals surface area contributed by atoms with E-state index in [4.69, 9.17) is 5.73 Å². The number of nitrogens with zero attached hydrogens (tertiary/aromatic N) is 1. The van der Waals surface area contributed by atoms with Gasteiger partial charge in [0.2, 0.25) is 0 Å². The molecule has 0 spiro atoms. The Morgan fingerprint density at radius 2 is 2.16 bits per heavy atom. The van der Waals surface area contributed by atoms with Crippen molar-refractivity contribution in [2.75, 3.05) is 19.1 Å². The van der Waals surface area contributed by atoms with E-state index in [1.54, 1.807) is 24.9 Å². The van der Waals surface area contributed by atoms with E-state index in [9.17, 15) is 8.42 Å². The highest BCUT2D eigenvalue weighted by molar-refractivity contribution is 7.98. The van der Waals surface area contributed by atoms with Gasteiger partial charge in [0.15, 0.2) is 0 Å².